The van der Waals surface area contributed by atoms with Gasteiger partial charge in [0.15, 0.2) is 0 Å². The second-order valence-electron chi connectivity index (χ2n) is 5.37. The SMILES string of the molecule is CC(C)(C)C1=NC2CCC(O)CC2S1. The number of hydrogen-bond acceptors (Lipinski definition) is 3. The molecule has 2 nitrogen and oxygen atoms in total. The van der Waals surface area contributed by atoms with Gasteiger partial charge in [-0.3, -0.25) is 4.99 Å². The Morgan fingerprint density at radius 3 is 2.71 bits per heavy atom. The predicted molar refractivity (Wildman–Crippen MR) is 61.9 cm³/mol. The molecule has 0 saturated heterocycles. The van der Waals surface area contributed by atoms with E-state index in [0.29, 0.717) is 11.3 Å². The normalized spacial score (nSPS) is 38.0. The maximum absolute atomic E-state index is 9.58. The van der Waals surface area contributed by atoms with Gasteiger partial charge in [0.1, 0.15) is 0 Å². The first-order valence-corrected chi connectivity index (χ1v) is 6.28. The largest absolute Gasteiger partial charge is 0.393 e. The van der Waals surface area contributed by atoms with Crippen molar-refractivity contribution in [3.63, 3.8) is 0 Å². The number of hydrogen-bond donors (Lipinski definition) is 1. The highest BCUT2D eigenvalue weighted by molar-refractivity contribution is 8.14. The maximum atomic E-state index is 9.58. The van der Waals surface area contributed by atoms with Crippen LogP contribution in [-0.4, -0.2) is 27.5 Å². The van der Waals surface area contributed by atoms with Crippen molar-refractivity contribution >= 4 is 16.8 Å². The zero-order valence-corrected chi connectivity index (χ0v) is 9.97. The smallest absolute Gasteiger partial charge is 0.0736 e. The Morgan fingerprint density at radius 2 is 2.07 bits per heavy atom. The molecule has 0 bridgehead atoms. The van der Waals surface area contributed by atoms with Crippen molar-refractivity contribution < 1.29 is 5.11 Å². The molecular formula is C11H19NOS. The number of aliphatic hydroxyl groups is 1. The Labute approximate surface area is 90.2 Å². The summed E-state index contributed by atoms with van der Waals surface area (Å²) in [5.41, 5.74) is 0.187. The van der Waals surface area contributed by atoms with Crippen LogP contribution in [0.4, 0.5) is 0 Å². The monoisotopic (exact) mass is 213 g/mol. The van der Waals surface area contributed by atoms with Gasteiger partial charge in [-0.15, -0.1) is 11.8 Å². The van der Waals surface area contributed by atoms with Gasteiger partial charge in [0.25, 0.3) is 0 Å². The minimum Gasteiger partial charge on any atom is -0.393 e. The molecule has 0 radical (unpaired) electrons. The van der Waals surface area contributed by atoms with Crippen molar-refractivity contribution in [2.45, 2.75) is 57.4 Å². The van der Waals surface area contributed by atoms with Crippen molar-refractivity contribution in [3.05, 3.63) is 0 Å². The Morgan fingerprint density at radius 1 is 1.36 bits per heavy atom. The molecule has 1 fully saturated rings. The summed E-state index contributed by atoms with van der Waals surface area (Å²) < 4.78 is 0. The molecule has 2 rings (SSSR count). The summed E-state index contributed by atoms with van der Waals surface area (Å²) in [6.07, 6.45) is 2.85. The molecule has 1 aliphatic heterocycles. The molecule has 3 heteroatoms. The van der Waals surface area contributed by atoms with E-state index in [4.69, 9.17) is 4.99 Å². The summed E-state index contributed by atoms with van der Waals surface area (Å²) >= 11 is 1.90. The summed E-state index contributed by atoms with van der Waals surface area (Å²) in [7, 11) is 0. The molecule has 80 valence electrons. The van der Waals surface area contributed by atoms with Crippen LogP contribution in [-0.2, 0) is 0 Å². The third-order valence-corrected chi connectivity index (χ3v) is 4.67. The number of rotatable bonds is 0. The fraction of sp³-hybridized carbons (Fsp3) is 0.909. The molecule has 1 saturated carbocycles. The molecule has 0 amide bonds. The first-order chi connectivity index (χ1) is 6.47. The lowest BCUT2D eigenvalue weighted by molar-refractivity contribution is 0.127. The van der Waals surface area contributed by atoms with Crippen LogP contribution in [0.15, 0.2) is 4.99 Å². The molecule has 2 aliphatic rings. The zero-order valence-electron chi connectivity index (χ0n) is 9.16. The zero-order chi connectivity index (χ0) is 10.3. The van der Waals surface area contributed by atoms with Crippen LogP contribution in [0.25, 0.3) is 0 Å². The second kappa shape index (κ2) is 3.53. The lowest BCUT2D eigenvalue weighted by Gasteiger charge is -2.26. The average Bonchev–Trinajstić information content (AvgIpc) is 2.45. The van der Waals surface area contributed by atoms with Crippen LogP contribution in [0.3, 0.4) is 0 Å². The van der Waals surface area contributed by atoms with Crippen LogP contribution < -0.4 is 0 Å². The minimum atomic E-state index is -0.0849. The number of thioether (sulfide) groups is 1. The number of aliphatic imine (C=N–C) groups is 1. The molecule has 1 N–H and O–H groups in total. The standard InChI is InChI=1S/C11H19NOS/c1-11(2,3)10-12-8-5-4-7(13)6-9(8)14-10/h7-9,13H,4-6H2,1-3H3. The highest BCUT2D eigenvalue weighted by Crippen LogP contribution is 2.42. The maximum Gasteiger partial charge on any atom is 0.0736 e. The first kappa shape index (κ1) is 10.5. The molecule has 1 heterocycles. The molecule has 14 heavy (non-hydrogen) atoms. The second-order valence-corrected chi connectivity index (χ2v) is 6.60. The van der Waals surface area contributed by atoms with E-state index in [-0.39, 0.29) is 11.5 Å². The molecule has 0 aromatic heterocycles. The molecule has 0 aromatic rings. The van der Waals surface area contributed by atoms with Gasteiger partial charge in [0.05, 0.1) is 17.2 Å². The molecule has 3 unspecified atom stereocenters. The van der Waals surface area contributed by atoms with E-state index in [1.165, 1.54) is 5.04 Å². The molecule has 0 spiro atoms. The van der Waals surface area contributed by atoms with Crippen LogP contribution in [0.2, 0.25) is 0 Å². The van der Waals surface area contributed by atoms with E-state index in [9.17, 15) is 5.11 Å². The van der Waals surface area contributed by atoms with E-state index >= 15 is 0 Å². The van der Waals surface area contributed by atoms with Gasteiger partial charge in [0, 0.05) is 10.7 Å². The van der Waals surface area contributed by atoms with Crippen LogP contribution in [0.1, 0.15) is 40.0 Å². The molecular weight excluding hydrogens is 194 g/mol. The Kier molecular flexibility index (Phi) is 2.64. The van der Waals surface area contributed by atoms with Crippen molar-refractivity contribution in [2.75, 3.05) is 0 Å². The third kappa shape index (κ3) is 1.98. The van der Waals surface area contributed by atoms with E-state index in [0.717, 1.165) is 19.3 Å². The first-order valence-electron chi connectivity index (χ1n) is 5.40. The lowest BCUT2D eigenvalue weighted by atomic mass is 9.92. The van der Waals surface area contributed by atoms with Gasteiger partial charge < -0.3 is 5.11 Å². The summed E-state index contributed by atoms with van der Waals surface area (Å²) in [5, 5.41) is 11.4. The summed E-state index contributed by atoms with van der Waals surface area (Å²) in [6, 6.07) is 0.484. The van der Waals surface area contributed by atoms with Crippen molar-refractivity contribution in [3.8, 4) is 0 Å². The predicted octanol–water partition coefficient (Wildman–Crippen LogP) is 2.46. The summed E-state index contributed by atoms with van der Waals surface area (Å²) in [4.78, 5) is 4.78. The van der Waals surface area contributed by atoms with Crippen LogP contribution in [0, 0.1) is 5.41 Å². The van der Waals surface area contributed by atoms with Gasteiger partial charge in [-0.25, -0.2) is 0 Å². The summed E-state index contributed by atoms with van der Waals surface area (Å²) in [5.74, 6) is 0. The minimum absolute atomic E-state index is 0.0849. The van der Waals surface area contributed by atoms with E-state index in [1.54, 1.807) is 0 Å². The van der Waals surface area contributed by atoms with Crippen molar-refractivity contribution in [2.24, 2.45) is 10.4 Å². The van der Waals surface area contributed by atoms with Gasteiger partial charge in [0.2, 0.25) is 0 Å². The Hall–Kier alpha value is -0.0200. The quantitative estimate of drug-likeness (QED) is 0.670. The lowest BCUT2D eigenvalue weighted by Crippen LogP contribution is -2.30. The molecule has 1 aliphatic carbocycles. The number of aliphatic hydroxyl groups excluding tert-OH is 1. The van der Waals surface area contributed by atoms with Crippen molar-refractivity contribution in [1.82, 2.24) is 0 Å². The van der Waals surface area contributed by atoms with Crippen LogP contribution in [0.5, 0.6) is 0 Å². The molecule has 3 atom stereocenters. The fourth-order valence-corrected chi connectivity index (χ4v) is 3.57. The van der Waals surface area contributed by atoms with Gasteiger partial charge in [-0.2, -0.15) is 0 Å². The number of fused-ring (bicyclic) bond motifs is 1. The highest BCUT2D eigenvalue weighted by Gasteiger charge is 2.38. The van der Waals surface area contributed by atoms with E-state index in [2.05, 4.69) is 20.8 Å². The topological polar surface area (TPSA) is 32.6 Å². The summed E-state index contributed by atoms with van der Waals surface area (Å²) in [6.45, 7) is 6.64. The fourth-order valence-electron chi connectivity index (χ4n) is 2.06. The van der Waals surface area contributed by atoms with Crippen LogP contribution >= 0.6 is 11.8 Å². The van der Waals surface area contributed by atoms with Gasteiger partial charge >= 0.3 is 0 Å². The Bertz CT molecular complexity index is 257. The van der Waals surface area contributed by atoms with E-state index < -0.39 is 0 Å². The van der Waals surface area contributed by atoms with Gasteiger partial charge in [-0.05, 0) is 19.3 Å². The highest BCUT2D eigenvalue weighted by atomic mass is 32.2. The third-order valence-electron chi connectivity index (χ3n) is 2.92. The number of nitrogens with zero attached hydrogens (tertiary/aromatic N) is 1. The van der Waals surface area contributed by atoms with E-state index in [1.807, 2.05) is 11.8 Å². The van der Waals surface area contributed by atoms with Crippen molar-refractivity contribution in [1.29, 1.82) is 0 Å². The van der Waals surface area contributed by atoms with Gasteiger partial charge in [-0.1, -0.05) is 20.8 Å². The Balaban J connectivity index is 2.07. The average molecular weight is 213 g/mol. The molecule has 0 aromatic carbocycles.